The third-order valence-electron chi connectivity index (χ3n) is 6.59. The highest BCUT2D eigenvalue weighted by Crippen LogP contribution is 2.18. The van der Waals surface area contributed by atoms with Crippen LogP contribution in [0.4, 0.5) is 0 Å². The molecule has 0 amide bonds. The van der Waals surface area contributed by atoms with Crippen LogP contribution in [0.1, 0.15) is 60.1 Å². The van der Waals surface area contributed by atoms with Crippen molar-refractivity contribution >= 4 is 27.5 Å². The van der Waals surface area contributed by atoms with Crippen molar-refractivity contribution in [2.24, 2.45) is 0 Å². The van der Waals surface area contributed by atoms with Crippen molar-refractivity contribution in [3.63, 3.8) is 0 Å². The third-order valence-corrected chi connectivity index (χ3v) is 7.10. The Kier molecular flexibility index (Phi) is 10.3. The van der Waals surface area contributed by atoms with Crippen LogP contribution in [0, 0.1) is 27.7 Å². The van der Waals surface area contributed by atoms with E-state index in [1.165, 1.54) is 46.2 Å². The maximum absolute atomic E-state index is 12.4. The first kappa shape index (κ1) is 26.5. The lowest BCUT2D eigenvalue weighted by atomic mass is 9.96. The molecule has 2 aromatic carbocycles. The second kappa shape index (κ2) is 12.5. The molecule has 174 valence electrons. The Bertz CT molecular complexity index is 889. The van der Waals surface area contributed by atoms with Crippen molar-refractivity contribution < 1.29 is 9.59 Å². The Morgan fingerprint density at radius 3 is 1.53 bits per heavy atom. The summed E-state index contributed by atoms with van der Waals surface area (Å²) in [6, 6.07) is 12.4. The molecule has 1 aliphatic heterocycles. The second-order valence-corrected chi connectivity index (χ2v) is 10.4. The topological polar surface area (TPSA) is 37.4 Å². The normalized spacial score (nSPS) is 15.6. The van der Waals surface area contributed by atoms with Crippen LogP contribution in [0.5, 0.6) is 0 Å². The molecular weight excluding hydrogens is 462 g/mol. The molecular formula is C28H38BrNO2. The molecule has 0 radical (unpaired) electrons. The molecule has 3 rings (SSSR count). The van der Waals surface area contributed by atoms with Crippen molar-refractivity contribution in [1.29, 1.82) is 0 Å². The maximum atomic E-state index is 12.4. The van der Waals surface area contributed by atoms with Crippen LogP contribution >= 0.6 is 15.9 Å². The predicted molar refractivity (Wildman–Crippen MR) is 138 cm³/mol. The molecule has 1 aliphatic rings. The van der Waals surface area contributed by atoms with Crippen LogP contribution in [0.25, 0.3) is 0 Å². The van der Waals surface area contributed by atoms with Gasteiger partial charge < -0.3 is 0 Å². The zero-order valence-corrected chi connectivity index (χ0v) is 22.1. The Balaban J connectivity index is 0.000000235. The number of alkyl halides is 1. The van der Waals surface area contributed by atoms with Gasteiger partial charge in [0.2, 0.25) is 0 Å². The highest BCUT2D eigenvalue weighted by molar-refractivity contribution is 9.10. The molecule has 0 N–H and O–H groups in total. The molecule has 0 spiro atoms. The summed E-state index contributed by atoms with van der Waals surface area (Å²) in [6.07, 6.45) is 3.59. The summed E-state index contributed by atoms with van der Waals surface area (Å²) in [6.45, 7) is 14.4. The Morgan fingerprint density at radius 2 is 1.16 bits per heavy atom. The first-order valence-electron chi connectivity index (χ1n) is 11.7. The van der Waals surface area contributed by atoms with E-state index in [0.717, 1.165) is 13.1 Å². The number of carbonyl (C=O) groups is 2. The molecule has 0 saturated carbocycles. The van der Waals surface area contributed by atoms with Gasteiger partial charge in [0, 0.05) is 12.8 Å². The molecule has 1 saturated heterocycles. The van der Waals surface area contributed by atoms with Crippen LogP contribution in [0.3, 0.4) is 0 Å². The van der Waals surface area contributed by atoms with Gasteiger partial charge in [0.15, 0.2) is 11.6 Å². The fraction of sp³-hybridized carbons (Fsp3) is 0.500. The van der Waals surface area contributed by atoms with Crippen molar-refractivity contribution in [3.05, 3.63) is 69.8 Å². The summed E-state index contributed by atoms with van der Waals surface area (Å²) in [5, 5.41) is 0. The first-order chi connectivity index (χ1) is 15.1. The second-order valence-electron chi connectivity index (χ2n) is 9.06. The van der Waals surface area contributed by atoms with E-state index in [1.54, 1.807) is 0 Å². The average molecular weight is 501 g/mol. The van der Waals surface area contributed by atoms with E-state index in [-0.39, 0.29) is 16.7 Å². The molecule has 4 heteroatoms. The quantitative estimate of drug-likeness (QED) is 0.432. The lowest BCUT2D eigenvalue weighted by Gasteiger charge is -2.23. The first-order valence-corrected chi connectivity index (χ1v) is 12.6. The number of Topliss-reactive ketones (excluding diaryl/α,β-unsaturated/α-hetero) is 2. The average Bonchev–Trinajstić information content (AvgIpc) is 3.28. The van der Waals surface area contributed by atoms with Gasteiger partial charge in [-0.25, -0.2) is 0 Å². The molecule has 1 heterocycles. The highest BCUT2D eigenvalue weighted by atomic mass is 79.9. The lowest BCUT2D eigenvalue weighted by Crippen LogP contribution is -2.37. The van der Waals surface area contributed by atoms with Crippen molar-refractivity contribution in [3.8, 4) is 0 Å². The van der Waals surface area contributed by atoms with E-state index in [2.05, 4.69) is 85.8 Å². The summed E-state index contributed by atoms with van der Waals surface area (Å²) in [5.74, 6) is 0.594. The van der Waals surface area contributed by atoms with E-state index in [4.69, 9.17) is 0 Å². The molecule has 2 atom stereocenters. The summed E-state index contributed by atoms with van der Waals surface area (Å²) < 4.78 is 0. The number of halogens is 1. The van der Waals surface area contributed by atoms with Gasteiger partial charge in [0.25, 0.3) is 0 Å². The van der Waals surface area contributed by atoms with Crippen molar-refractivity contribution in [1.82, 2.24) is 4.90 Å². The summed E-state index contributed by atoms with van der Waals surface area (Å²) >= 11 is 3.30. The van der Waals surface area contributed by atoms with Crippen LogP contribution in [0.15, 0.2) is 36.4 Å². The highest BCUT2D eigenvalue weighted by Gasteiger charge is 2.24. The smallest absolute Gasteiger partial charge is 0.154 e. The maximum Gasteiger partial charge on any atom is 0.154 e. The lowest BCUT2D eigenvalue weighted by molar-refractivity contribution is -0.122. The number of hydrogen-bond acceptors (Lipinski definition) is 3. The number of aryl methyl sites for hydroxylation is 4. The molecule has 2 aromatic rings. The van der Waals surface area contributed by atoms with Crippen LogP contribution in [-0.2, 0) is 22.4 Å². The Morgan fingerprint density at radius 1 is 0.781 bits per heavy atom. The van der Waals surface area contributed by atoms with Gasteiger partial charge in [-0.05, 0) is 101 Å². The zero-order chi connectivity index (χ0) is 23.8. The van der Waals surface area contributed by atoms with Gasteiger partial charge in [-0.1, -0.05) is 52.3 Å². The molecule has 1 fully saturated rings. The number of ketones is 2. The minimum Gasteiger partial charge on any atom is -0.298 e. The predicted octanol–water partition coefficient (Wildman–Crippen LogP) is 6.10. The van der Waals surface area contributed by atoms with Crippen LogP contribution in [0.2, 0.25) is 0 Å². The number of rotatable bonds is 7. The van der Waals surface area contributed by atoms with Gasteiger partial charge in [-0.3, -0.25) is 14.5 Å². The van der Waals surface area contributed by atoms with E-state index < -0.39 is 0 Å². The number of benzene rings is 2. The fourth-order valence-corrected chi connectivity index (χ4v) is 4.39. The minimum atomic E-state index is -0.0542. The van der Waals surface area contributed by atoms with Crippen molar-refractivity contribution in [2.75, 3.05) is 13.1 Å². The van der Waals surface area contributed by atoms with E-state index in [0.29, 0.717) is 18.6 Å². The monoisotopic (exact) mass is 499 g/mol. The number of carbonyl (C=O) groups excluding carboxylic acids is 2. The van der Waals surface area contributed by atoms with Gasteiger partial charge >= 0.3 is 0 Å². The van der Waals surface area contributed by atoms with Crippen molar-refractivity contribution in [2.45, 2.75) is 78.1 Å². The third kappa shape index (κ3) is 7.38. The molecule has 0 aliphatic carbocycles. The molecule has 32 heavy (non-hydrogen) atoms. The molecule has 2 unspecified atom stereocenters. The summed E-state index contributed by atoms with van der Waals surface area (Å²) in [4.78, 5) is 26.2. The number of hydrogen-bond donors (Lipinski definition) is 0. The fourth-order valence-electron chi connectivity index (χ4n) is 4.22. The summed E-state index contributed by atoms with van der Waals surface area (Å²) in [5.41, 5.74) is 7.25. The van der Waals surface area contributed by atoms with Crippen LogP contribution < -0.4 is 0 Å². The van der Waals surface area contributed by atoms with Crippen LogP contribution in [-0.4, -0.2) is 40.4 Å². The molecule has 3 nitrogen and oxygen atoms in total. The van der Waals surface area contributed by atoms with E-state index in [1.807, 2.05) is 13.0 Å². The van der Waals surface area contributed by atoms with E-state index in [9.17, 15) is 9.59 Å². The SMILES string of the molecule is Cc1cccc(C)c1CC(=O)C(C)Br.Cc1cccc(C)c1CC(=O)C(C)N1CCCC1. The minimum absolute atomic E-state index is 0.0542. The Hall–Kier alpha value is -1.78. The Labute approximate surface area is 202 Å². The van der Waals surface area contributed by atoms with Gasteiger partial charge in [-0.15, -0.1) is 0 Å². The molecule has 0 aromatic heterocycles. The largest absolute Gasteiger partial charge is 0.298 e. The number of likely N-dealkylation sites (tertiary alicyclic amines) is 1. The van der Waals surface area contributed by atoms with E-state index >= 15 is 0 Å². The molecule has 0 bridgehead atoms. The summed E-state index contributed by atoms with van der Waals surface area (Å²) in [7, 11) is 0. The van der Waals surface area contributed by atoms with Gasteiger partial charge in [0.05, 0.1) is 10.9 Å². The number of nitrogens with zero attached hydrogens (tertiary/aromatic N) is 1. The van der Waals surface area contributed by atoms with Gasteiger partial charge in [-0.2, -0.15) is 0 Å². The standard InChI is InChI=1S/C16H23NO.C12H15BrO/c1-12-7-6-8-13(2)15(12)11-16(18)14(3)17-9-4-5-10-17;1-8-5-4-6-9(2)11(8)7-12(14)10(3)13/h6-8,14H,4-5,9-11H2,1-3H3;4-6,10H,7H2,1-3H3. The zero-order valence-electron chi connectivity index (χ0n) is 20.5. The van der Waals surface area contributed by atoms with Gasteiger partial charge in [0.1, 0.15) is 0 Å².